The Bertz CT molecular complexity index is 221. The number of ether oxygens (including phenoxy) is 1. The van der Waals surface area contributed by atoms with Gasteiger partial charge in [0.25, 0.3) is 0 Å². The van der Waals surface area contributed by atoms with Gasteiger partial charge in [-0.1, -0.05) is 0 Å². The second kappa shape index (κ2) is 4.81. The van der Waals surface area contributed by atoms with Gasteiger partial charge in [-0.3, -0.25) is 7.05 Å². The van der Waals surface area contributed by atoms with Crippen LogP contribution in [0, 0.1) is 7.05 Å². The Kier molecular flexibility index (Phi) is 3.43. The van der Waals surface area contributed by atoms with Gasteiger partial charge in [0, 0.05) is 26.2 Å². The van der Waals surface area contributed by atoms with E-state index < -0.39 is 0 Å². The minimum absolute atomic E-state index is 0.159. The van der Waals surface area contributed by atoms with E-state index >= 15 is 0 Å². The molecular formula is C10H18N3O2-. The van der Waals surface area contributed by atoms with Crippen LogP contribution in [0.25, 0.3) is 0 Å². The summed E-state index contributed by atoms with van der Waals surface area (Å²) in [6.45, 7) is 6.11. The Morgan fingerprint density at radius 2 is 1.47 bits per heavy atom. The summed E-state index contributed by atoms with van der Waals surface area (Å²) in [6, 6.07) is 0.159. The monoisotopic (exact) mass is 212 g/mol. The smallest absolute Gasteiger partial charge is 0.320 e. The first-order chi connectivity index (χ1) is 7.27. The molecule has 5 nitrogen and oxygen atoms in total. The van der Waals surface area contributed by atoms with Gasteiger partial charge in [-0.25, -0.2) is 4.79 Å². The summed E-state index contributed by atoms with van der Waals surface area (Å²) < 4.78 is 5.22. The largest absolute Gasteiger partial charge is 0.456 e. The molecule has 0 atom stereocenters. The third-order valence-corrected chi connectivity index (χ3v) is 2.92. The van der Waals surface area contributed by atoms with E-state index in [0.29, 0.717) is 13.2 Å². The molecule has 0 unspecified atom stereocenters. The topological polar surface area (TPSA) is 36.0 Å². The molecule has 0 spiro atoms. The van der Waals surface area contributed by atoms with Crippen LogP contribution >= 0.6 is 0 Å². The maximum Gasteiger partial charge on any atom is 0.320 e. The highest BCUT2D eigenvalue weighted by Gasteiger charge is 2.23. The fourth-order valence-electron chi connectivity index (χ4n) is 1.89. The fraction of sp³-hybridized carbons (Fsp3) is 0.800. The Morgan fingerprint density at radius 3 is 2.07 bits per heavy atom. The van der Waals surface area contributed by atoms with Gasteiger partial charge in [0.05, 0.1) is 13.2 Å². The average molecular weight is 212 g/mol. The number of hydrogen-bond acceptors (Lipinski definition) is 3. The molecule has 2 saturated heterocycles. The minimum atomic E-state index is 0.159. The summed E-state index contributed by atoms with van der Waals surface area (Å²) in [6.07, 6.45) is 0. The minimum Gasteiger partial charge on any atom is -0.456 e. The summed E-state index contributed by atoms with van der Waals surface area (Å²) in [7, 11) is 3.87. The SMILES string of the molecule is [CH2-]N1CCN(C(=O)N2CCOCC2)CC1. The van der Waals surface area contributed by atoms with Crippen LogP contribution in [0.15, 0.2) is 0 Å². The molecule has 0 saturated carbocycles. The maximum absolute atomic E-state index is 12.0. The second-order valence-corrected chi connectivity index (χ2v) is 3.99. The van der Waals surface area contributed by atoms with Gasteiger partial charge in [0.2, 0.25) is 0 Å². The number of hydrogen-bond donors (Lipinski definition) is 0. The molecule has 2 heterocycles. The molecule has 2 fully saturated rings. The Morgan fingerprint density at radius 1 is 0.933 bits per heavy atom. The number of rotatable bonds is 0. The number of carbonyl (C=O) groups is 1. The molecule has 15 heavy (non-hydrogen) atoms. The number of urea groups is 1. The summed E-state index contributed by atoms with van der Waals surface area (Å²) >= 11 is 0. The number of morpholine rings is 1. The van der Waals surface area contributed by atoms with Gasteiger partial charge in [0.15, 0.2) is 0 Å². The molecule has 5 heteroatoms. The van der Waals surface area contributed by atoms with Crippen molar-refractivity contribution >= 4 is 6.03 Å². The zero-order valence-corrected chi connectivity index (χ0v) is 9.02. The van der Waals surface area contributed by atoms with Crippen LogP contribution in [0.3, 0.4) is 0 Å². The number of amides is 2. The van der Waals surface area contributed by atoms with Gasteiger partial charge in [-0.05, 0) is 13.1 Å². The van der Waals surface area contributed by atoms with E-state index in [1.807, 2.05) is 14.7 Å². The van der Waals surface area contributed by atoms with Gasteiger partial charge < -0.3 is 19.4 Å². The average Bonchev–Trinajstić information content (AvgIpc) is 2.30. The first-order valence-electron chi connectivity index (χ1n) is 5.44. The summed E-state index contributed by atoms with van der Waals surface area (Å²) in [5, 5.41) is 0. The van der Waals surface area contributed by atoms with Crippen molar-refractivity contribution in [2.75, 3.05) is 52.5 Å². The molecule has 0 radical (unpaired) electrons. The highest BCUT2D eigenvalue weighted by Crippen LogP contribution is 2.06. The van der Waals surface area contributed by atoms with E-state index in [0.717, 1.165) is 39.3 Å². The van der Waals surface area contributed by atoms with Crippen molar-refractivity contribution in [2.24, 2.45) is 0 Å². The van der Waals surface area contributed by atoms with Crippen molar-refractivity contribution in [3.8, 4) is 0 Å². The number of nitrogens with zero attached hydrogens (tertiary/aromatic N) is 3. The highest BCUT2D eigenvalue weighted by atomic mass is 16.5. The molecule has 2 aliphatic heterocycles. The fourth-order valence-corrected chi connectivity index (χ4v) is 1.89. The van der Waals surface area contributed by atoms with Crippen molar-refractivity contribution < 1.29 is 9.53 Å². The zero-order chi connectivity index (χ0) is 10.7. The Labute approximate surface area is 90.6 Å². The third-order valence-electron chi connectivity index (χ3n) is 2.92. The molecule has 0 aromatic rings. The first-order valence-corrected chi connectivity index (χ1v) is 5.44. The van der Waals surface area contributed by atoms with Crippen LogP contribution in [0.2, 0.25) is 0 Å². The molecule has 0 aliphatic carbocycles. The molecule has 0 bridgehead atoms. The van der Waals surface area contributed by atoms with Crippen LogP contribution in [-0.2, 0) is 4.74 Å². The van der Waals surface area contributed by atoms with Gasteiger partial charge in [0.1, 0.15) is 0 Å². The van der Waals surface area contributed by atoms with Crippen LogP contribution in [0.4, 0.5) is 4.79 Å². The van der Waals surface area contributed by atoms with Gasteiger partial charge >= 0.3 is 6.03 Å². The third kappa shape index (κ3) is 2.60. The summed E-state index contributed by atoms with van der Waals surface area (Å²) in [5.41, 5.74) is 0. The number of piperazine rings is 1. The molecule has 2 amide bonds. The van der Waals surface area contributed by atoms with Crippen LogP contribution in [0.5, 0.6) is 0 Å². The summed E-state index contributed by atoms with van der Waals surface area (Å²) in [5.74, 6) is 0. The first kappa shape index (κ1) is 10.7. The highest BCUT2D eigenvalue weighted by molar-refractivity contribution is 5.74. The van der Waals surface area contributed by atoms with Crippen molar-refractivity contribution in [1.82, 2.24) is 14.7 Å². The lowest BCUT2D eigenvalue weighted by Gasteiger charge is -2.40. The normalized spacial score (nSPS) is 24.3. The molecule has 0 N–H and O–H groups in total. The van der Waals surface area contributed by atoms with Crippen molar-refractivity contribution in [3.63, 3.8) is 0 Å². The van der Waals surface area contributed by atoms with E-state index in [2.05, 4.69) is 7.05 Å². The quantitative estimate of drug-likeness (QED) is 0.524. The molecule has 0 aromatic carbocycles. The van der Waals surface area contributed by atoms with Gasteiger partial charge in [-0.2, -0.15) is 0 Å². The molecule has 2 aliphatic rings. The maximum atomic E-state index is 12.0. The predicted molar refractivity (Wildman–Crippen MR) is 56.3 cm³/mol. The standard InChI is InChI=1S/C10H18N3O2/c1-11-2-4-12(5-3-11)10(14)13-6-8-15-9-7-13/h1-9H2/q-1. The molecule has 0 aromatic heterocycles. The summed E-state index contributed by atoms with van der Waals surface area (Å²) in [4.78, 5) is 17.8. The van der Waals surface area contributed by atoms with Crippen LogP contribution in [-0.4, -0.2) is 73.2 Å². The lowest BCUT2D eigenvalue weighted by atomic mass is 10.3. The van der Waals surface area contributed by atoms with Crippen molar-refractivity contribution in [1.29, 1.82) is 0 Å². The second-order valence-electron chi connectivity index (χ2n) is 3.99. The van der Waals surface area contributed by atoms with E-state index in [1.165, 1.54) is 0 Å². The van der Waals surface area contributed by atoms with Crippen molar-refractivity contribution in [2.45, 2.75) is 0 Å². The van der Waals surface area contributed by atoms with Crippen molar-refractivity contribution in [3.05, 3.63) is 7.05 Å². The lowest BCUT2D eigenvalue weighted by Crippen LogP contribution is -2.53. The molecule has 86 valence electrons. The zero-order valence-electron chi connectivity index (χ0n) is 9.02. The Balaban J connectivity index is 1.84. The van der Waals surface area contributed by atoms with E-state index in [9.17, 15) is 4.79 Å². The van der Waals surface area contributed by atoms with Crippen LogP contribution in [0.1, 0.15) is 0 Å². The predicted octanol–water partition coefficient (Wildman–Crippen LogP) is -0.152. The van der Waals surface area contributed by atoms with Crippen LogP contribution < -0.4 is 0 Å². The molecule has 2 rings (SSSR count). The van der Waals surface area contributed by atoms with E-state index in [-0.39, 0.29) is 6.03 Å². The van der Waals surface area contributed by atoms with Gasteiger partial charge in [-0.15, -0.1) is 0 Å². The molecular weight excluding hydrogens is 194 g/mol. The lowest BCUT2D eigenvalue weighted by molar-refractivity contribution is 0.0395. The Hall–Kier alpha value is -0.810. The number of carbonyl (C=O) groups excluding carboxylic acids is 1. The van der Waals surface area contributed by atoms with E-state index in [1.54, 1.807) is 0 Å². The van der Waals surface area contributed by atoms with E-state index in [4.69, 9.17) is 4.74 Å².